The number of nitro groups is 1. The fraction of sp³-hybridized carbons (Fsp3) is 0.500. The molecule has 0 spiro atoms. The van der Waals surface area contributed by atoms with Gasteiger partial charge in [0, 0.05) is 24.4 Å². The molecular formula is C16H22N4O4S. The third-order valence-corrected chi connectivity index (χ3v) is 4.76. The van der Waals surface area contributed by atoms with Crippen LogP contribution in [0.1, 0.15) is 19.3 Å². The number of nitrogens with two attached hydrogens (primary N) is 1. The first-order valence-corrected chi connectivity index (χ1v) is 9.43. The van der Waals surface area contributed by atoms with Gasteiger partial charge in [-0.25, -0.2) is 0 Å². The minimum Gasteiger partial charge on any atom is -0.329 e. The topological polar surface area (TPSA) is 119 Å². The van der Waals surface area contributed by atoms with Crippen molar-refractivity contribution in [1.29, 1.82) is 0 Å². The van der Waals surface area contributed by atoms with Gasteiger partial charge in [-0.05, 0) is 37.3 Å². The minimum absolute atomic E-state index is 0.101. The highest BCUT2D eigenvalue weighted by Gasteiger charge is 2.36. The summed E-state index contributed by atoms with van der Waals surface area (Å²) in [6.07, 6.45) is 3.80. The first-order chi connectivity index (χ1) is 11.9. The average Bonchev–Trinajstić information content (AvgIpc) is 3.09. The van der Waals surface area contributed by atoms with Gasteiger partial charge in [-0.2, -0.15) is 11.8 Å². The van der Waals surface area contributed by atoms with Crippen LogP contribution in [0.25, 0.3) is 0 Å². The van der Waals surface area contributed by atoms with Crippen molar-refractivity contribution in [2.24, 2.45) is 5.73 Å². The number of carbonyl (C=O) groups is 2. The average molecular weight is 366 g/mol. The maximum absolute atomic E-state index is 12.5. The molecular weight excluding hydrogens is 344 g/mol. The molecule has 0 saturated carbocycles. The van der Waals surface area contributed by atoms with Crippen LogP contribution in [-0.4, -0.2) is 52.3 Å². The molecule has 8 nitrogen and oxygen atoms in total. The number of amides is 2. The van der Waals surface area contributed by atoms with E-state index < -0.39 is 17.0 Å². The van der Waals surface area contributed by atoms with Crippen LogP contribution in [0.3, 0.4) is 0 Å². The van der Waals surface area contributed by atoms with Gasteiger partial charge in [-0.1, -0.05) is 6.07 Å². The Morgan fingerprint density at radius 2 is 2.28 bits per heavy atom. The zero-order valence-electron chi connectivity index (χ0n) is 14.0. The first-order valence-electron chi connectivity index (χ1n) is 8.04. The quantitative estimate of drug-likeness (QED) is 0.559. The van der Waals surface area contributed by atoms with Gasteiger partial charge in [-0.3, -0.25) is 19.7 Å². The first kappa shape index (κ1) is 19.2. The van der Waals surface area contributed by atoms with Gasteiger partial charge >= 0.3 is 0 Å². The number of likely N-dealkylation sites (tertiary alicyclic amines) is 1. The summed E-state index contributed by atoms with van der Waals surface area (Å²) in [7, 11) is 0. The van der Waals surface area contributed by atoms with Crippen molar-refractivity contribution in [2.75, 3.05) is 23.9 Å². The summed E-state index contributed by atoms with van der Waals surface area (Å²) >= 11 is 1.62. The zero-order chi connectivity index (χ0) is 18.4. The summed E-state index contributed by atoms with van der Waals surface area (Å²) in [5.74, 6) is 0.222. The van der Waals surface area contributed by atoms with E-state index in [0.29, 0.717) is 25.1 Å². The molecule has 2 rings (SSSR count). The monoisotopic (exact) mass is 366 g/mol. The highest BCUT2D eigenvalue weighted by atomic mass is 32.2. The second-order valence-corrected chi connectivity index (χ2v) is 6.86. The maximum atomic E-state index is 12.5. The minimum atomic E-state index is -0.612. The molecule has 3 N–H and O–H groups in total. The van der Waals surface area contributed by atoms with E-state index in [-0.39, 0.29) is 17.5 Å². The fourth-order valence-corrected chi connectivity index (χ4v) is 3.30. The van der Waals surface area contributed by atoms with Crippen LogP contribution >= 0.6 is 11.8 Å². The van der Waals surface area contributed by atoms with Crippen molar-refractivity contribution in [3.05, 3.63) is 34.4 Å². The molecule has 1 heterocycles. The van der Waals surface area contributed by atoms with Crippen LogP contribution in [0.15, 0.2) is 24.3 Å². The Hall–Kier alpha value is -2.13. The summed E-state index contributed by atoms with van der Waals surface area (Å²) < 4.78 is 0. The van der Waals surface area contributed by atoms with Crippen molar-refractivity contribution in [2.45, 2.75) is 31.3 Å². The van der Waals surface area contributed by atoms with Gasteiger partial charge in [0.2, 0.25) is 11.8 Å². The van der Waals surface area contributed by atoms with Crippen molar-refractivity contribution in [3.63, 3.8) is 0 Å². The number of nitro benzene ring substituents is 1. The number of anilines is 1. The molecule has 25 heavy (non-hydrogen) atoms. The van der Waals surface area contributed by atoms with E-state index in [1.165, 1.54) is 23.1 Å². The molecule has 1 aromatic carbocycles. The molecule has 1 aliphatic rings. The van der Waals surface area contributed by atoms with Crippen LogP contribution in [0.5, 0.6) is 0 Å². The molecule has 0 unspecified atom stereocenters. The number of thioether (sulfide) groups is 1. The molecule has 9 heteroatoms. The molecule has 2 atom stereocenters. The summed E-state index contributed by atoms with van der Waals surface area (Å²) in [6.45, 7) is 0.499. The van der Waals surface area contributed by atoms with E-state index >= 15 is 0 Å². The largest absolute Gasteiger partial charge is 0.329 e. The number of hydrogen-bond donors (Lipinski definition) is 2. The second-order valence-electron chi connectivity index (χ2n) is 5.87. The summed E-state index contributed by atoms with van der Waals surface area (Å²) in [4.78, 5) is 36.8. The van der Waals surface area contributed by atoms with Crippen LogP contribution < -0.4 is 11.1 Å². The summed E-state index contributed by atoms with van der Waals surface area (Å²) in [5.41, 5.74) is 6.18. The zero-order valence-corrected chi connectivity index (χ0v) is 14.8. The number of carbonyl (C=O) groups excluding carboxylic acids is 2. The Bertz CT molecular complexity index is 655. The number of non-ortho nitro benzene ring substituents is 1. The lowest BCUT2D eigenvalue weighted by molar-refractivity contribution is -0.384. The lowest BCUT2D eigenvalue weighted by Crippen LogP contribution is -2.50. The predicted molar refractivity (Wildman–Crippen MR) is 97.4 cm³/mol. The van der Waals surface area contributed by atoms with Crippen molar-refractivity contribution < 1.29 is 14.5 Å². The molecule has 1 fully saturated rings. The summed E-state index contributed by atoms with van der Waals surface area (Å²) in [5, 5.41) is 13.5. The van der Waals surface area contributed by atoms with Gasteiger partial charge in [0.25, 0.3) is 5.69 Å². The smallest absolute Gasteiger partial charge is 0.271 e. The highest BCUT2D eigenvalue weighted by molar-refractivity contribution is 7.98. The molecule has 136 valence electrons. The van der Waals surface area contributed by atoms with Gasteiger partial charge in [-0.15, -0.1) is 0 Å². The van der Waals surface area contributed by atoms with E-state index in [1.807, 2.05) is 6.26 Å². The Morgan fingerprint density at radius 3 is 2.96 bits per heavy atom. The van der Waals surface area contributed by atoms with E-state index in [9.17, 15) is 19.7 Å². The Balaban J connectivity index is 2.03. The van der Waals surface area contributed by atoms with Crippen LogP contribution in [-0.2, 0) is 9.59 Å². The molecule has 1 saturated heterocycles. The normalized spacial score (nSPS) is 18.0. The lowest BCUT2D eigenvalue weighted by Gasteiger charge is -2.26. The third-order valence-electron chi connectivity index (χ3n) is 4.11. The van der Waals surface area contributed by atoms with Gasteiger partial charge in [0.05, 0.1) is 11.0 Å². The Kier molecular flexibility index (Phi) is 6.77. The molecule has 0 radical (unpaired) electrons. The number of rotatable bonds is 7. The van der Waals surface area contributed by atoms with Gasteiger partial charge in [0.15, 0.2) is 0 Å². The number of nitrogens with one attached hydrogen (secondary N) is 1. The van der Waals surface area contributed by atoms with E-state index in [4.69, 9.17) is 5.73 Å². The molecule has 0 bridgehead atoms. The molecule has 0 aromatic heterocycles. The highest BCUT2D eigenvalue weighted by Crippen LogP contribution is 2.22. The maximum Gasteiger partial charge on any atom is 0.271 e. The van der Waals surface area contributed by atoms with Crippen LogP contribution in [0, 0.1) is 10.1 Å². The second kappa shape index (κ2) is 8.82. The third kappa shape index (κ3) is 4.93. The van der Waals surface area contributed by atoms with Gasteiger partial charge in [0.1, 0.15) is 6.04 Å². The van der Waals surface area contributed by atoms with Crippen molar-refractivity contribution in [1.82, 2.24) is 4.90 Å². The number of hydrogen-bond acceptors (Lipinski definition) is 6. The van der Waals surface area contributed by atoms with Gasteiger partial charge < -0.3 is 16.0 Å². The van der Waals surface area contributed by atoms with E-state index in [0.717, 1.165) is 12.2 Å². The van der Waals surface area contributed by atoms with E-state index in [1.54, 1.807) is 17.8 Å². The molecule has 0 aliphatic carbocycles. The molecule has 2 amide bonds. The lowest BCUT2D eigenvalue weighted by atomic mass is 10.1. The standard InChI is InChI=1S/C16H22N4O4S/c1-25-9-7-13(17)16(22)19-8-3-6-14(19)15(21)18-11-4-2-5-12(10-11)20(23)24/h2,4-5,10,13-14H,3,6-9,17H2,1H3,(H,18,21)/t13-,14-/m0/s1. The Morgan fingerprint density at radius 1 is 1.52 bits per heavy atom. The fourth-order valence-electron chi connectivity index (χ4n) is 2.81. The summed E-state index contributed by atoms with van der Waals surface area (Å²) in [6, 6.07) is 4.53. The predicted octanol–water partition coefficient (Wildman–Crippen LogP) is 1.60. The Labute approximate surface area is 150 Å². The number of nitrogens with zero attached hydrogens (tertiary/aromatic N) is 2. The van der Waals surface area contributed by atoms with Crippen LogP contribution in [0.2, 0.25) is 0 Å². The van der Waals surface area contributed by atoms with E-state index in [2.05, 4.69) is 5.32 Å². The van der Waals surface area contributed by atoms with Crippen LogP contribution in [0.4, 0.5) is 11.4 Å². The molecule has 1 aliphatic heterocycles. The number of benzene rings is 1. The SMILES string of the molecule is CSCC[C@H](N)C(=O)N1CCC[C@H]1C(=O)Nc1cccc([N+](=O)[O-])c1. The molecule has 1 aromatic rings. The van der Waals surface area contributed by atoms with Crippen molar-refractivity contribution >= 4 is 35.0 Å². The van der Waals surface area contributed by atoms with Crippen molar-refractivity contribution in [3.8, 4) is 0 Å².